The van der Waals surface area contributed by atoms with Crippen LogP contribution in [0.25, 0.3) is 0 Å². The Balaban J connectivity index is 2.62. The standard InChI is InChI=1S/C15H27NO3/c1-2-3-4-8-11-15(16,14(18)19)13(17)12-9-6-5-7-10-12/h12H,2-11,16H2,1H3,(H,18,19). The van der Waals surface area contributed by atoms with Crippen molar-refractivity contribution in [3.8, 4) is 0 Å². The average molecular weight is 269 g/mol. The zero-order valence-electron chi connectivity index (χ0n) is 12.0. The smallest absolute Gasteiger partial charge is 0.331 e. The summed E-state index contributed by atoms with van der Waals surface area (Å²) < 4.78 is 0. The van der Waals surface area contributed by atoms with Gasteiger partial charge in [-0.1, -0.05) is 51.9 Å². The van der Waals surface area contributed by atoms with E-state index in [9.17, 15) is 14.7 Å². The Bertz CT molecular complexity index is 311. The van der Waals surface area contributed by atoms with Crippen molar-refractivity contribution in [1.82, 2.24) is 0 Å². The minimum absolute atomic E-state index is 0.138. The van der Waals surface area contributed by atoms with Crippen molar-refractivity contribution in [3.63, 3.8) is 0 Å². The number of nitrogens with two attached hydrogens (primary N) is 1. The summed E-state index contributed by atoms with van der Waals surface area (Å²) in [5.74, 6) is -1.53. The molecule has 0 aromatic rings. The molecule has 110 valence electrons. The molecule has 1 atom stereocenters. The second-order valence-electron chi connectivity index (χ2n) is 5.79. The van der Waals surface area contributed by atoms with Crippen LogP contribution < -0.4 is 5.73 Å². The van der Waals surface area contributed by atoms with Gasteiger partial charge in [0.1, 0.15) is 0 Å². The predicted molar refractivity (Wildman–Crippen MR) is 74.9 cm³/mol. The van der Waals surface area contributed by atoms with Crippen molar-refractivity contribution in [2.45, 2.75) is 76.7 Å². The minimum atomic E-state index is -1.66. The molecule has 4 nitrogen and oxygen atoms in total. The number of carboxylic acid groups (broad SMARTS) is 1. The normalized spacial score (nSPS) is 19.9. The summed E-state index contributed by atoms with van der Waals surface area (Å²) in [6.45, 7) is 2.10. The molecule has 1 fully saturated rings. The van der Waals surface area contributed by atoms with Crippen LogP contribution in [0, 0.1) is 5.92 Å². The van der Waals surface area contributed by atoms with Crippen molar-refractivity contribution in [2.75, 3.05) is 0 Å². The zero-order valence-corrected chi connectivity index (χ0v) is 12.0. The van der Waals surface area contributed by atoms with Crippen LogP contribution in [0.4, 0.5) is 0 Å². The Kier molecular flexibility index (Phi) is 6.49. The number of aliphatic carboxylic acids is 1. The first kappa shape index (κ1) is 16.2. The summed E-state index contributed by atoms with van der Waals surface area (Å²) in [6, 6.07) is 0. The number of Topliss-reactive ketones (excluding diaryl/α,β-unsaturated/α-hetero) is 1. The van der Waals surface area contributed by atoms with Crippen molar-refractivity contribution in [1.29, 1.82) is 0 Å². The van der Waals surface area contributed by atoms with Crippen LogP contribution >= 0.6 is 0 Å². The van der Waals surface area contributed by atoms with E-state index in [1.165, 1.54) is 0 Å². The van der Waals surface area contributed by atoms with Gasteiger partial charge in [0.05, 0.1) is 0 Å². The van der Waals surface area contributed by atoms with Gasteiger partial charge >= 0.3 is 5.97 Å². The van der Waals surface area contributed by atoms with E-state index in [1.54, 1.807) is 0 Å². The highest BCUT2D eigenvalue weighted by Gasteiger charge is 2.44. The fraction of sp³-hybridized carbons (Fsp3) is 0.867. The van der Waals surface area contributed by atoms with Crippen LogP contribution in [-0.4, -0.2) is 22.4 Å². The maximum absolute atomic E-state index is 12.4. The van der Waals surface area contributed by atoms with Gasteiger partial charge < -0.3 is 10.8 Å². The fourth-order valence-electron chi connectivity index (χ4n) is 2.90. The van der Waals surface area contributed by atoms with Gasteiger partial charge in [0.25, 0.3) is 0 Å². The summed E-state index contributed by atoms with van der Waals surface area (Å²) in [5.41, 5.74) is 4.29. The second-order valence-corrected chi connectivity index (χ2v) is 5.79. The molecule has 3 N–H and O–H groups in total. The lowest BCUT2D eigenvalue weighted by Crippen LogP contribution is -2.57. The molecule has 1 rings (SSSR count). The molecule has 0 aromatic carbocycles. The first-order valence-electron chi connectivity index (χ1n) is 7.59. The zero-order chi connectivity index (χ0) is 14.3. The molecule has 0 spiro atoms. The van der Waals surface area contributed by atoms with Crippen LogP contribution in [0.5, 0.6) is 0 Å². The third-order valence-electron chi connectivity index (χ3n) is 4.22. The highest BCUT2D eigenvalue weighted by atomic mass is 16.4. The molecule has 4 heteroatoms. The number of ketones is 1. The second kappa shape index (κ2) is 7.63. The summed E-state index contributed by atoms with van der Waals surface area (Å²) in [4.78, 5) is 23.8. The van der Waals surface area contributed by atoms with Gasteiger partial charge in [-0.15, -0.1) is 0 Å². The van der Waals surface area contributed by atoms with Crippen molar-refractivity contribution < 1.29 is 14.7 Å². The maximum Gasteiger partial charge on any atom is 0.331 e. The van der Waals surface area contributed by atoms with Gasteiger partial charge in [-0.05, 0) is 19.3 Å². The van der Waals surface area contributed by atoms with E-state index in [1.807, 2.05) is 0 Å². The summed E-state index contributed by atoms with van der Waals surface area (Å²) >= 11 is 0. The largest absolute Gasteiger partial charge is 0.480 e. The van der Waals surface area contributed by atoms with Crippen LogP contribution in [0.2, 0.25) is 0 Å². The Morgan fingerprint density at radius 3 is 2.32 bits per heavy atom. The van der Waals surface area contributed by atoms with Crippen LogP contribution in [0.15, 0.2) is 0 Å². The molecule has 1 aliphatic carbocycles. The molecule has 19 heavy (non-hydrogen) atoms. The first-order chi connectivity index (χ1) is 9.02. The number of hydrogen-bond acceptors (Lipinski definition) is 3. The maximum atomic E-state index is 12.4. The third kappa shape index (κ3) is 4.30. The van der Waals surface area contributed by atoms with E-state index >= 15 is 0 Å². The number of carbonyl (C=O) groups is 2. The molecule has 0 saturated heterocycles. The van der Waals surface area contributed by atoms with E-state index in [0.29, 0.717) is 0 Å². The van der Waals surface area contributed by atoms with Gasteiger partial charge in [-0.3, -0.25) is 4.79 Å². The molecule has 1 aliphatic rings. The molecule has 0 heterocycles. The predicted octanol–water partition coefficient (Wildman–Crippen LogP) is 2.89. The first-order valence-corrected chi connectivity index (χ1v) is 7.59. The minimum Gasteiger partial charge on any atom is -0.480 e. The third-order valence-corrected chi connectivity index (χ3v) is 4.22. The van der Waals surface area contributed by atoms with E-state index < -0.39 is 11.5 Å². The van der Waals surface area contributed by atoms with Gasteiger partial charge in [-0.2, -0.15) is 0 Å². The summed E-state index contributed by atoms with van der Waals surface area (Å²) in [5, 5.41) is 9.34. The Labute approximate surface area is 115 Å². The van der Waals surface area contributed by atoms with E-state index in [-0.39, 0.29) is 18.1 Å². The highest BCUT2D eigenvalue weighted by molar-refractivity contribution is 6.08. The van der Waals surface area contributed by atoms with Gasteiger partial charge in [-0.25, -0.2) is 4.79 Å². The van der Waals surface area contributed by atoms with Gasteiger partial charge in [0.15, 0.2) is 11.3 Å². The Morgan fingerprint density at radius 2 is 1.79 bits per heavy atom. The van der Waals surface area contributed by atoms with Crippen LogP contribution in [0.1, 0.15) is 71.1 Å². The van der Waals surface area contributed by atoms with E-state index in [4.69, 9.17) is 5.73 Å². The lowest BCUT2D eigenvalue weighted by Gasteiger charge is -2.30. The average Bonchev–Trinajstić information content (AvgIpc) is 2.43. The highest BCUT2D eigenvalue weighted by Crippen LogP contribution is 2.29. The van der Waals surface area contributed by atoms with Gasteiger partial charge in [0, 0.05) is 5.92 Å². The molecule has 0 amide bonds. The lowest BCUT2D eigenvalue weighted by atomic mass is 9.76. The summed E-state index contributed by atoms with van der Waals surface area (Å²) in [7, 11) is 0. The van der Waals surface area contributed by atoms with Crippen molar-refractivity contribution in [3.05, 3.63) is 0 Å². The number of rotatable bonds is 8. The van der Waals surface area contributed by atoms with Crippen molar-refractivity contribution in [2.24, 2.45) is 11.7 Å². The molecule has 1 saturated carbocycles. The molecular weight excluding hydrogens is 242 g/mol. The van der Waals surface area contributed by atoms with Gasteiger partial charge in [0.2, 0.25) is 0 Å². The Hall–Kier alpha value is -0.900. The lowest BCUT2D eigenvalue weighted by molar-refractivity contribution is -0.150. The number of unbranched alkanes of at least 4 members (excludes halogenated alkanes) is 3. The Morgan fingerprint density at radius 1 is 1.16 bits per heavy atom. The SMILES string of the molecule is CCCCCCC(N)(C(=O)O)C(=O)C1CCCCC1. The molecule has 1 unspecified atom stereocenters. The van der Waals surface area contributed by atoms with E-state index in [0.717, 1.165) is 57.8 Å². The quantitative estimate of drug-likeness (QED) is 0.524. The fourth-order valence-corrected chi connectivity index (χ4v) is 2.90. The van der Waals surface area contributed by atoms with Crippen molar-refractivity contribution >= 4 is 11.8 Å². The summed E-state index contributed by atoms with van der Waals surface area (Å²) in [6.07, 6.45) is 8.87. The molecule has 0 radical (unpaired) electrons. The van der Waals surface area contributed by atoms with Crippen LogP contribution in [0.3, 0.4) is 0 Å². The molecule has 0 aliphatic heterocycles. The van der Waals surface area contributed by atoms with E-state index in [2.05, 4.69) is 6.92 Å². The monoisotopic (exact) mass is 269 g/mol. The number of carboxylic acids is 1. The number of hydrogen-bond donors (Lipinski definition) is 2. The molecule has 0 bridgehead atoms. The molecule has 0 aromatic heterocycles. The van der Waals surface area contributed by atoms with Crippen LogP contribution in [-0.2, 0) is 9.59 Å². The molecular formula is C15H27NO3. The number of carbonyl (C=O) groups excluding carboxylic acids is 1. The topological polar surface area (TPSA) is 80.4 Å².